The summed E-state index contributed by atoms with van der Waals surface area (Å²) in [5.74, 6) is 0. The van der Waals surface area contributed by atoms with Gasteiger partial charge in [-0.3, -0.25) is 4.63 Å². The van der Waals surface area contributed by atoms with Gasteiger partial charge in [-0.1, -0.05) is 35.5 Å². The lowest BCUT2D eigenvalue weighted by Gasteiger charge is -1.95. The Labute approximate surface area is 84.6 Å². The van der Waals surface area contributed by atoms with Crippen LogP contribution < -0.4 is 4.90 Å². The highest BCUT2D eigenvalue weighted by molar-refractivity contribution is 5.84. The van der Waals surface area contributed by atoms with Gasteiger partial charge in [-0.25, -0.2) is 0 Å². The Kier molecular flexibility index (Phi) is 2.32. The van der Waals surface area contributed by atoms with Crippen molar-refractivity contribution >= 4 is 6.21 Å². The number of hydrogen-bond donors (Lipinski definition) is 1. The molecule has 0 atom stereocenters. The van der Waals surface area contributed by atoms with Crippen molar-refractivity contribution in [2.24, 2.45) is 5.16 Å². The predicted molar refractivity (Wildman–Crippen MR) is 50.3 cm³/mol. The van der Waals surface area contributed by atoms with Crippen LogP contribution in [-0.4, -0.2) is 16.6 Å². The third-order valence-corrected chi connectivity index (χ3v) is 1.87. The Morgan fingerprint density at radius 2 is 2.13 bits per heavy atom. The summed E-state index contributed by atoms with van der Waals surface area (Å²) in [5.41, 5.74) is 1.04. The van der Waals surface area contributed by atoms with E-state index in [2.05, 4.69) is 14.9 Å². The van der Waals surface area contributed by atoms with Gasteiger partial charge >= 0.3 is 0 Å². The normalized spacial score (nSPS) is 10.9. The lowest BCUT2D eigenvalue weighted by atomic mass is 10.1. The summed E-state index contributed by atoms with van der Waals surface area (Å²) in [6.45, 7) is 0. The van der Waals surface area contributed by atoms with Crippen LogP contribution in [0.15, 0.2) is 40.1 Å². The molecule has 0 spiro atoms. The van der Waals surface area contributed by atoms with Crippen LogP contribution >= 0.6 is 0 Å². The number of hydrogen-bond acceptors (Lipinski definition) is 5. The quantitative estimate of drug-likeness (QED) is 0.340. The van der Waals surface area contributed by atoms with Gasteiger partial charge in [0, 0.05) is 10.7 Å². The van der Waals surface area contributed by atoms with E-state index < -0.39 is 0 Å². The van der Waals surface area contributed by atoms with E-state index in [0.717, 1.165) is 6.21 Å². The van der Waals surface area contributed by atoms with Crippen molar-refractivity contribution in [2.45, 2.75) is 0 Å². The molecule has 0 radical (unpaired) electrons. The van der Waals surface area contributed by atoms with Gasteiger partial charge in [-0.2, -0.15) is 0 Å². The zero-order chi connectivity index (χ0) is 10.7. The molecule has 1 aromatic carbocycles. The summed E-state index contributed by atoms with van der Waals surface area (Å²) in [6.07, 6.45) is 1.04. The molecule has 0 aliphatic rings. The molecule has 6 heteroatoms. The molecule has 15 heavy (non-hydrogen) atoms. The molecule has 2 rings (SSSR count). The standard InChI is InChI=1S/C9H7N3O3/c13-10-6-8-9(12(14)15-11-8)7-4-2-1-3-5-7/h1-6,13H. The van der Waals surface area contributed by atoms with Crippen molar-refractivity contribution in [3.05, 3.63) is 41.2 Å². The highest BCUT2D eigenvalue weighted by Crippen LogP contribution is 2.16. The molecule has 0 bridgehead atoms. The van der Waals surface area contributed by atoms with Gasteiger partial charge in [0.25, 0.3) is 5.69 Å². The molecule has 0 saturated heterocycles. The highest BCUT2D eigenvalue weighted by atomic mass is 16.8. The molecular weight excluding hydrogens is 198 g/mol. The third-order valence-electron chi connectivity index (χ3n) is 1.87. The Bertz CT molecular complexity index is 479. The van der Waals surface area contributed by atoms with Crippen molar-refractivity contribution in [1.82, 2.24) is 5.16 Å². The van der Waals surface area contributed by atoms with E-state index in [0.29, 0.717) is 5.56 Å². The maximum atomic E-state index is 11.3. The highest BCUT2D eigenvalue weighted by Gasteiger charge is 2.18. The molecular formula is C9H7N3O3. The Hall–Kier alpha value is -2.37. The van der Waals surface area contributed by atoms with E-state index in [-0.39, 0.29) is 16.3 Å². The lowest BCUT2D eigenvalue weighted by Crippen LogP contribution is -2.25. The second-order valence-corrected chi connectivity index (χ2v) is 2.77. The van der Waals surface area contributed by atoms with E-state index in [1.165, 1.54) is 0 Å². The maximum absolute atomic E-state index is 11.3. The molecule has 1 N–H and O–H groups in total. The van der Waals surface area contributed by atoms with Gasteiger partial charge in [0.05, 0.1) is 0 Å². The topological polar surface area (TPSA) is 85.6 Å². The average Bonchev–Trinajstić information content (AvgIpc) is 2.62. The summed E-state index contributed by atoms with van der Waals surface area (Å²) < 4.78 is 4.41. The second kappa shape index (κ2) is 3.79. The Balaban J connectivity index is 2.56. The fourth-order valence-corrected chi connectivity index (χ4v) is 1.25. The van der Waals surface area contributed by atoms with E-state index in [4.69, 9.17) is 5.21 Å². The molecule has 0 amide bonds. The number of rotatable bonds is 2. The molecule has 1 heterocycles. The molecule has 0 fully saturated rings. The van der Waals surface area contributed by atoms with E-state index in [1.54, 1.807) is 24.3 Å². The first-order valence-corrected chi connectivity index (χ1v) is 4.15. The van der Waals surface area contributed by atoms with Crippen LogP contribution in [0.1, 0.15) is 5.69 Å². The van der Waals surface area contributed by atoms with Gasteiger partial charge in [0.15, 0.2) is 0 Å². The molecule has 76 valence electrons. The SMILES string of the molecule is [O-][n+]1onc(C=NO)c1-c1ccccc1. The van der Waals surface area contributed by atoms with Gasteiger partial charge in [-0.05, 0) is 4.90 Å². The summed E-state index contributed by atoms with van der Waals surface area (Å²) in [4.78, 5) is 0.270. The summed E-state index contributed by atoms with van der Waals surface area (Å²) in [6, 6.07) is 8.85. The molecule has 0 aliphatic carbocycles. The zero-order valence-electron chi connectivity index (χ0n) is 7.57. The maximum Gasteiger partial charge on any atom is 0.270 e. The summed E-state index contributed by atoms with van der Waals surface area (Å²) in [7, 11) is 0. The number of aromatic nitrogens is 2. The average molecular weight is 205 g/mol. The fourth-order valence-electron chi connectivity index (χ4n) is 1.25. The van der Waals surface area contributed by atoms with Crippen LogP contribution in [0.3, 0.4) is 0 Å². The first-order chi connectivity index (χ1) is 7.33. The molecule has 2 aromatic rings. The molecule has 0 unspecified atom stereocenters. The van der Waals surface area contributed by atoms with E-state index >= 15 is 0 Å². The molecule has 6 nitrogen and oxygen atoms in total. The van der Waals surface area contributed by atoms with Gasteiger partial charge < -0.3 is 10.4 Å². The number of nitrogens with zero attached hydrogens (tertiary/aromatic N) is 3. The van der Waals surface area contributed by atoms with E-state index in [1.807, 2.05) is 6.07 Å². The van der Waals surface area contributed by atoms with Gasteiger partial charge in [-0.15, -0.1) is 0 Å². The zero-order valence-corrected chi connectivity index (χ0v) is 7.57. The smallest absolute Gasteiger partial charge is 0.270 e. The Morgan fingerprint density at radius 3 is 2.80 bits per heavy atom. The number of oxime groups is 1. The van der Waals surface area contributed by atoms with Crippen molar-refractivity contribution in [1.29, 1.82) is 0 Å². The lowest BCUT2D eigenvalue weighted by molar-refractivity contribution is -0.793. The van der Waals surface area contributed by atoms with Crippen molar-refractivity contribution in [3.8, 4) is 11.3 Å². The first kappa shape index (κ1) is 9.20. The van der Waals surface area contributed by atoms with E-state index in [9.17, 15) is 5.21 Å². The Morgan fingerprint density at radius 1 is 1.40 bits per heavy atom. The van der Waals surface area contributed by atoms with Crippen molar-refractivity contribution < 1.29 is 14.7 Å². The summed E-state index contributed by atoms with van der Waals surface area (Å²) >= 11 is 0. The minimum absolute atomic E-state index is 0.179. The van der Waals surface area contributed by atoms with Crippen molar-refractivity contribution in [2.75, 3.05) is 0 Å². The van der Waals surface area contributed by atoms with Crippen molar-refractivity contribution in [3.63, 3.8) is 0 Å². The van der Waals surface area contributed by atoms with Gasteiger partial charge in [0.2, 0.25) is 5.69 Å². The predicted octanol–water partition coefficient (Wildman–Crippen LogP) is 0.783. The van der Waals surface area contributed by atoms with Crippen LogP contribution in [-0.2, 0) is 0 Å². The van der Waals surface area contributed by atoms with Crippen LogP contribution in [0.25, 0.3) is 11.3 Å². The van der Waals surface area contributed by atoms with Crippen LogP contribution in [0.4, 0.5) is 0 Å². The van der Waals surface area contributed by atoms with Crippen LogP contribution in [0.2, 0.25) is 0 Å². The number of benzene rings is 1. The third kappa shape index (κ3) is 1.64. The molecule has 0 saturated carbocycles. The van der Waals surface area contributed by atoms with Crippen LogP contribution in [0, 0.1) is 5.21 Å². The molecule has 1 aromatic heterocycles. The minimum atomic E-state index is 0.179. The minimum Gasteiger partial charge on any atom is -0.411 e. The fraction of sp³-hybridized carbons (Fsp3) is 0. The first-order valence-electron chi connectivity index (χ1n) is 4.15. The largest absolute Gasteiger partial charge is 0.411 e. The summed E-state index contributed by atoms with van der Waals surface area (Å²) in [5, 5.41) is 25.9. The molecule has 0 aliphatic heterocycles. The monoisotopic (exact) mass is 205 g/mol. The van der Waals surface area contributed by atoms with Crippen LogP contribution in [0.5, 0.6) is 0 Å². The second-order valence-electron chi connectivity index (χ2n) is 2.77. The van der Waals surface area contributed by atoms with Gasteiger partial charge in [0.1, 0.15) is 6.21 Å².